The lowest BCUT2D eigenvalue weighted by molar-refractivity contribution is -0.137. The van der Waals surface area contributed by atoms with E-state index in [1.807, 2.05) is 24.6 Å². The number of halogens is 3. The number of thioether (sulfide) groups is 1. The Morgan fingerprint density at radius 1 is 1.27 bits per heavy atom. The molecule has 0 bridgehead atoms. The van der Waals surface area contributed by atoms with Crippen LogP contribution in [-0.4, -0.2) is 50.0 Å². The summed E-state index contributed by atoms with van der Waals surface area (Å²) in [6.45, 7) is 4.64. The molecule has 33 heavy (non-hydrogen) atoms. The molecule has 1 unspecified atom stereocenters. The van der Waals surface area contributed by atoms with E-state index in [2.05, 4.69) is 20.1 Å². The fourth-order valence-corrected chi connectivity index (χ4v) is 5.85. The van der Waals surface area contributed by atoms with Gasteiger partial charge in [-0.3, -0.25) is 0 Å². The Morgan fingerprint density at radius 2 is 2.12 bits per heavy atom. The largest absolute Gasteiger partial charge is 0.440 e. The van der Waals surface area contributed by atoms with Gasteiger partial charge in [0, 0.05) is 24.8 Å². The molecule has 1 saturated heterocycles. The van der Waals surface area contributed by atoms with E-state index >= 15 is 0 Å². The van der Waals surface area contributed by atoms with Crippen molar-refractivity contribution in [2.45, 2.75) is 42.9 Å². The summed E-state index contributed by atoms with van der Waals surface area (Å²) in [6, 6.07) is 5.95. The Morgan fingerprint density at radius 3 is 2.88 bits per heavy atom. The molecule has 0 amide bonds. The SMILES string of the molecule is Cc1ncoc1-c1nnc(SCCCN2CCC3C[C@@]3(c3cccc(C(F)(F)F)c3)C2)n1C. The second kappa shape index (κ2) is 8.47. The topological polar surface area (TPSA) is 60.0 Å². The van der Waals surface area contributed by atoms with E-state index in [4.69, 9.17) is 4.42 Å². The third-order valence-corrected chi connectivity index (χ3v) is 8.04. The highest BCUT2D eigenvalue weighted by Gasteiger charge is 2.57. The number of fused-ring (bicyclic) bond motifs is 1. The average molecular weight is 478 g/mol. The van der Waals surface area contributed by atoms with Gasteiger partial charge >= 0.3 is 6.18 Å². The molecule has 3 heterocycles. The van der Waals surface area contributed by atoms with Crippen molar-refractivity contribution >= 4 is 11.8 Å². The maximum atomic E-state index is 13.2. The van der Waals surface area contributed by atoms with Crippen LogP contribution >= 0.6 is 11.8 Å². The number of piperidine rings is 1. The number of oxazole rings is 1. The molecule has 3 aromatic rings. The molecule has 5 rings (SSSR count). The molecule has 0 spiro atoms. The highest BCUT2D eigenvalue weighted by Crippen LogP contribution is 2.59. The lowest BCUT2D eigenvalue weighted by atomic mass is 9.88. The van der Waals surface area contributed by atoms with E-state index in [0.717, 1.165) is 67.1 Å². The van der Waals surface area contributed by atoms with Crippen molar-refractivity contribution in [2.75, 3.05) is 25.4 Å². The van der Waals surface area contributed by atoms with Gasteiger partial charge in [-0.05, 0) is 56.8 Å². The van der Waals surface area contributed by atoms with Crippen molar-refractivity contribution in [1.29, 1.82) is 0 Å². The van der Waals surface area contributed by atoms with Gasteiger partial charge in [0.1, 0.15) is 0 Å². The fraction of sp³-hybridized carbons (Fsp3) is 0.522. The maximum absolute atomic E-state index is 13.2. The van der Waals surface area contributed by atoms with Crippen LogP contribution in [0.3, 0.4) is 0 Å². The quantitative estimate of drug-likeness (QED) is 0.355. The summed E-state index contributed by atoms with van der Waals surface area (Å²) < 4.78 is 46.9. The number of likely N-dealkylation sites (tertiary alicyclic amines) is 1. The third-order valence-electron chi connectivity index (χ3n) is 6.93. The van der Waals surface area contributed by atoms with Crippen LogP contribution in [0.4, 0.5) is 13.2 Å². The van der Waals surface area contributed by atoms with Crippen LogP contribution in [0.15, 0.2) is 40.2 Å². The Kier molecular flexibility index (Phi) is 5.76. The minimum absolute atomic E-state index is 0.111. The van der Waals surface area contributed by atoms with Gasteiger partial charge in [-0.15, -0.1) is 10.2 Å². The zero-order chi connectivity index (χ0) is 23.2. The molecular formula is C23H26F3N5OS. The summed E-state index contributed by atoms with van der Waals surface area (Å²) in [5.41, 5.74) is 0.966. The molecule has 1 aliphatic carbocycles. The molecular weight excluding hydrogens is 451 g/mol. The Balaban J connectivity index is 1.16. The Bertz CT molecular complexity index is 1140. The minimum Gasteiger partial charge on any atom is -0.440 e. The van der Waals surface area contributed by atoms with E-state index < -0.39 is 11.7 Å². The zero-order valence-electron chi connectivity index (χ0n) is 18.6. The molecule has 1 saturated carbocycles. The average Bonchev–Trinajstić information content (AvgIpc) is 3.22. The first kappa shape index (κ1) is 22.5. The van der Waals surface area contributed by atoms with Gasteiger partial charge in [0.15, 0.2) is 17.3 Å². The van der Waals surface area contributed by atoms with Gasteiger partial charge in [0.25, 0.3) is 0 Å². The minimum atomic E-state index is -4.30. The molecule has 2 fully saturated rings. The van der Waals surface area contributed by atoms with Crippen LogP contribution in [0.5, 0.6) is 0 Å². The molecule has 0 N–H and O–H groups in total. The van der Waals surface area contributed by atoms with Crippen LogP contribution in [-0.2, 0) is 18.6 Å². The van der Waals surface area contributed by atoms with Gasteiger partial charge < -0.3 is 13.9 Å². The molecule has 2 atom stereocenters. The molecule has 0 radical (unpaired) electrons. The summed E-state index contributed by atoms with van der Waals surface area (Å²) in [6.07, 6.45) is 0.113. The molecule has 2 aromatic heterocycles. The van der Waals surface area contributed by atoms with Gasteiger partial charge in [-0.2, -0.15) is 13.2 Å². The first-order chi connectivity index (χ1) is 15.8. The second-order valence-corrected chi connectivity index (χ2v) is 10.1. The van der Waals surface area contributed by atoms with Gasteiger partial charge in [0.2, 0.25) is 5.82 Å². The van der Waals surface area contributed by atoms with E-state index in [1.54, 1.807) is 17.8 Å². The van der Waals surface area contributed by atoms with Crippen LogP contribution in [0.1, 0.15) is 36.1 Å². The second-order valence-electron chi connectivity index (χ2n) is 9.03. The highest BCUT2D eigenvalue weighted by molar-refractivity contribution is 7.99. The summed E-state index contributed by atoms with van der Waals surface area (Å²) in [4.78, 5) is 6.52. The van der Waals surface area contributed by atoms with Crippen LogP contribution in [0.2, 0.25) is 0 Å². The monoisotopic (exact) mass is 477 g/mol. The Labute approximate surface area is 194 Å². The van der Waals surface area contributed by atoms with E-state index in [9.17, 15) is 13.2 Å². The number of alkyl halides is 3. The van der Waals surface area contributed by atoms with Gasteiger partial charge in [-0.1, -0.05) is 30.0 Å². The van der Waals surface area contributed by atoms with Crippen molar-refractivity contribution in [2.24, 2.45) is 13.0 Å². The number of nitrogens with zero attached hydrogens (tertiary/aromatic N) is 5. The predicted octanol–water partition coefficient (Wildman–Crippen LogP) is 4.94. The van der Waals surface area contributed by atoms with Crippen LogP contribution < -0.4 is 0 Å². The lowest BCUT2D eigenvalue weighted by Gasteiger charge is -2.33. The normalized spacial score (nSPS) is 23.0. The molecule has 176 valence electrons. The first-order valence-corrected chi connectivity index (χ1v) is 12.1. The number of aryl methyl sites for hydroxylation is 1. The van der Waals surface area contributed by atoms with E-state index in [0.29, 0.717) is 17.5 Å². The van der Waals surface area contributed by atoms with Crippen LogP contribution in [0.25, 0.3) is 11.6 Å². The van der Waals surface area contributed by atoms with Crippen molar-refractivity contribution in [3.63, 3.8) is 0 Å². The summed E-state index contributed by atoms with van der Waals surface area (Å²) in [5, 5.41) is 9.34. The zero-order valence-corrected chi connectivity index (χ0v) is 19.4. The fourth-order valence-electron chi connectivity index (χ4n) is 5.02. The number of benzene rings is 1. The highest BCUT2D eigenvalue weighted by atomic mass is 32.2. The van der Waals surface area contributed by atoms with Gasteiger partial charge in [-0.25, -0.2) is 4.98 Å². The van der Waals surface area contributed by atoms with Gasteiger partial charge in [0.05, 0.1) is 11.3 Å². The molecule has 6 nitrogen and oxygen atoms in total. The summed E-state index contributed by atoms with van der Waals surface area (Å²) in [5.74, 6) is 2.68. The predicted molar refractivity (Wildman–Crippen MR) is 119 cm³/mol. The smallest absolute Gasteiger partial charge is 0.416 e. The van der Waals surface area contributed by atoms with Crippen molar-refractivity contribution in [1.82, 2.24) is 24.6 Å². The molecule has 1 aliphatic heterocycles. The van der Waals surface area contributed by atoms with E-state index in [-0.39, 0.29) is 5.41 Å². The van der Waals surface area contributed by atoms with Crippen molar-refractivity contribution < 1.29 is 17.6 Å². The van der Waals surface area contributed by atoms with Crippen molar-refractivity contribution in [3.8, 4) is 11.6 Å². The van der Waals surface area contributed by atoms with Crippen LogP contribution in [0, 0.1) is 12.8 Å². The molecule has 1 aromatic carbocycles. The number of rotatable bonds is 7. The summed E-state index contributed by atoms with van der Waals surface area (Å²) in [7, 11) is 1.91. The number of hydrogen-bond acceptors (Lipinski definition) is 6. The Hall–Kier alpha value is -2.33. The standard InChI is InChI=1S/C23H26F3N5OS/c1-15-19(32-14-27-15)20-28-29-21(30(20)2)33-10-4-8-31-9-7-18-12-22(18,13-31)16-5-3-6-17(11-16)23(24,25)26/h3,5-6,11,14,18H,4,7-10,12-13H2,1-2H3/t18?,22-/m0/s1. The molecule has 10 heteroatoms. The maximum Gasteiger partial charge on any atom is 0.416 e. The molecule has 2 aliphatic rings. The lowest BCUT2D eigenvalue weighted by Crippen LogP contribution is -2.39. The third kappa shape index (κ3) is 4.30. The van der Waals surface area contributed by atoms with E-state index in [1.165, 1.54) is 12.5 Å². The number of aromatic nitrogens is 4. The number of hydrogen-bond donors (Lipinski definition) is 0. The first-order valence-electron chi connectivity index (χ1n) is 11.1. The summed E-state index contributed by atoms with van der Waals surface area (Å²) >= 11 is 1.65. The van der Waals surface area contributed by atoms with Crippen molar-refractivity contribution in [3.05, 3.63) is 47.5 Å².